The number of aromatic nitrogens is 1. The highest BCUT2D eigenvalue weighted by Gasteiger charge is 2.15. The lowest BCUT2D eigenvalue weighted by atomic mass is 10.1. The van der Waals surface area contributed by atoms with Gasteiger partial charge in [-0.25, -0.2) is 0 Å². The van der Waals surface area contributed by atoms with Crippen LogP contribution in [0.25, 0.3) is 10.9 Å². The van der Waals surface area contributed by atoms with E-state index in [0.717, 1.165) is 23.0 Å². The predicted molar refractivity (Wildman–Crippen MR) is 135 cm³/mol. The van der Waals surface area contributed by atoms with E-state index < -0.39 is 0 Å². The van der Waals surface area contributed by atoms with Crippen molar-refractivity contribution < 1.29 is 0 Å². The minimum absolute atomic E-state index is 0.0777. The molecule has 0 aliphatic rings. The molecule has 0 unspecified atom stereocenters. The van der Waals surface area contributed by atoms with Crippen LogP contribution in [0.1, 0.15) is 28.5 Å². The van der Waals surface area contributed by atoms with E-state index in [9.17, 15) is 4.79 Å². The summed E-state index contributed by atoms with van der Waals surface area (Å²) in [5, 5.41) is 7.02. The van der Waals surface area contributed by atoms with Gasteiger partial charge in [-0.1, -0.05) is 36.8 Å². The Morgan fingerprint density at radius 2 is 1.90 bits per heavy atom. The third-order valence-electron chi connectivity index (χ3n) is 5.27. The Labute approximate surface area is 191 Å². The second-order valence-corrected chi connectivity index (χ2v) is 9.05. The molecule has 2 N–H and O–H groups in total. The number of fused-ring (bicyclic) bond motifs is 1. The van der Waals surface area contributed by atoms with Crippen molar-refractivity contribution in [3.05, 3.63) is 98.0 Å². The van der Waals surface area contributed by atoms with Gasteiger partial charge in [0.15, 0.2) is 5.11 Å². The zero-order valence-corrected chi connectivity index (χ0v) is 19.3. The van der Waals surface area contributed by atoms with E-state index in [1.54, 1.807) is 11.3 Å². The molecule has 4 aromatic rings. The second-order valence-electron chi connectivity index (χ2n) is 7.63. The molecule has 0 amide bonds. The third kappa shape index (κ3) is 5.21. The summed E-state index contributed by atoms with van der Waals surface area (Å²) in [7, 11) is 0. The number of nitrogens with zero attached hydrogens (tertiary/aromatic N) is 1. The average Bonchev–Trinajstić information content (AvgIpc) is 3.28. The maximum absolute atomic E-state index is 12.8. The van der Waals surface area contributed by atoms with E-state index in [-0.39, 0.29) is 5.56 Å². The SMILES string of the molecule is CCc1ccc2[nH]c(=O)c(CN(Cc3cccs3)C(=S)Nc3ccc(C)cc3)cc2c1. The van der Waals surface area contributed by atoms with Crippen LogP contribution in [0.4, 0.5) is 5.69 Å². The highest BCUT2D eigenvalue weighted by Crippen LogP contribution is 2.19. The third-order valence-corrected chi connectivity index (χ3v) is 6.49. The molecule has 31 heavy (non-hydrogen) atoms. The number of anilines is 1. The summed E-state index contributed by atoms with van der Waals surface area (Å²) in [6.45, 7) is 5.26. The Kier molecular flexibility index (Phi) is 6.49. The van der Waals surface area contributed by atoms with Crippen molar-refractivity contribution in [3.63, 3.8) is 0 Å². The Hall–Kier alpha value is -2.96. The van der Waals surface area contributed by atoms with Crippen LogP contribution in [0.2, 0.25) is 0 Å². The molecule has 0 aliphatic carbocycles. The summed E-state index contributed by atoms with van der Waals surface area (Å²) in [6.07, 6.45) is 0.958. The number of hydrogen-bond acceptors (Lipinski definition) is 3. The maximum Gasteiger partial charge on any atom is 0.253 e. The van der Waals surface area contributed by atoms with Crippen LogP contribution >= 0.6 is 23.6 Å². The summed E-state index contributed by atoms with van der Waals surface area (Å²) in [5.74, 6) is 0. The van der Waals surface area contributed by atoms with E-state index in [2.05, 4.69) is 47.7 Å². The van der Waals surface area contributed by atoms with Gasteiger partial charge in [-0.3, -0.25) is 4.79 Å². The predicted octanol–water partition coefficient (Wildman–Crippen LogP) is 5.86. The van der Waals surface area contributed by atoms with Crippen molar-refractivity contribution in [1.29, 1.82) is 0 Å². The topological polar surface area (TPSA) is 48.1 Å². The fourth-order valence-corrected chi connectivity index (χ4v) is 4.44. The minimum Gasteiger partial charge on any atom is -0.339 e. The molecule has 0 spiro atoms. The summed E-state index contributed by atoms with van der Waals surface area (Å²) >= 11 is 7.43. The molecule has 4 rings (SSSR count). The van der Waals surface area contributed by atoms with Gasteiger partial charge in [-0.2, -0.15) is 0 Å². The zero-order valence-electron chi connectivity index (χ0n) is 17.6. The number of pyridine rings is 1. The summed E-state index contributed by atoms with van der Waals surface area (Å²) in [4.78, 5) is 19.1. The smallest absolute Gasteiger partial charge is 0.253 e. The first-order valence-corrected chi connectivity index (χ1v) is 11.6. The zero-order chi connectivity index (χ0) is 21.8. The van der Waals surface area contributed by atoms with Gasteiger partial charge in [0.2, 0.25) is 0 Å². The Bertz CT molecular complexity index is 1240. The lowest BCUT2D eigenvalue weighted by Crippen LogP contribution is -2.35. The van der Waals surface area contributed by atoms with Crippen LogP contribution in [0, 0.1) is 6.92 Å². The van der Waals surface area contributed by atoms with Crippen molar-refractivity contribution in [3.8, 4) is 0 Å². The number of benzene rings is 2. The first kappa shape index (κ1) is 21.3. The largest absolute Gasteiger partial charge is 0.339 e. The van der Waals surface area contributed by atoms with Crippen LogP contribution in [-0.2, 0) is 19.5 Å². The van der Waals surface area contributed by atoms with Crippen molar-refractivity contribution in [2.45, 2.75) is 33.4 Å². The van der Waals surface area contributed by atoms with Gasteiger partial charge in [0, 0.05) is 21.6 Å². The van der Waals surface area contributed by atoms with Crippen LogP contribution in [-0.4, -0.2) is 15.0 Å². The molecule has 0 atom stereocenters. The van der Waals surface area contributed by atoms with E-state index in [1.165, 1.54) is 16.0 Å². The van der Waals surface area contributed by atoms with Crippen molar-refractivity contribution >= 4 is 45.3 Å². The molecule has 0 fully saturated rings. The molecule has 0 saturated heterocycles. The van der Waals surface area contributed by atoms with Crippen molar-refractivity contribution in [2.75, 3.05) is 5.32 Å². The van der Waals surface area contributed by atoms with Gasteiger partial charge in [-0.15, -0.1) is 11.3 Å². The monoisotopic (exact) mass is 447 g/mol. The highest BCUT2D eigenvalue weighted by molar-refractivity contribution is 7.80. The van der Waals surface area contributed by atoms with Gasteiger partial charge < -0.3 is 15.2 Å². The lowest BCUT2D eigenvalue weighted by Gasteiger charge is -2.25. The molecular weight excluding hydrogens is 422 g/mol. The van der Waals surface area contributed by atoms with Gasteiger partial charge in [-0.05, 0) is 78.3 Å². The van der Waals surface area contributed by atoms with Gasteiger partial charge in [0.1, 0.15) is 0 Å². The molecule has 0 bridgehead atoms. The molecule has 0 saturated carbocycles. The lowest BCUT2D eigenvalue weighted by molar-refractivity contribution is 0.415. The molecule has 2 aromatic carbocycles. The minimum atomic E-state index is -0.0777. The molecule has 0 aliphatic heterocycles. The van der Waals surface area contributed by atoms with Crippen LogP contribution in [0.5, 0.6) is 0 Å². The molecule has 2 heterocycles. The average molecular weight is 448 g/mol. The number of thiocarbonyl (C=S) groups is 1. The number of hydrogen-bond donors (Lipinski definition) is 2. The van der Waals surface area contributed by atoms with E-state index >= 15 is 0 Å². The molecule has 158 valence electrons. The summed E-state index contributed by atoms with van der Waals surface area (Å²) in [6, 6.07) is 20.4. The quantitative estimate of drug-likeness (QED) is 0.364. The number of rotatable bonds is 6. The Morgan fingerprint density at radius 3 is 2.61 bits per heavy atom. The van der Waals surface area contributed by atoms with E-state index in [0.29, 0.717) is 23.8 Å². The Balaban J connectivity index is 1.63. The first-order chi connectivity index (χ1) is 15.0. The Morgan fingerprint density at radius 1 is 1.10 bits per heavy atom. The van der Waals surface area contributed by atoms with Crippen molar-refractivity contribution in [2.24, 2.45) is 0 Å². The first-order valence-electron chi connectivity index (χ1n) is 10.3. The van der Waals surface area contributed by atoms with E-state index in [4.69, 9.17) is 12.2 Å². The second kappa shape index (κ2) is 9.45. The fourth-order valence-electron chi connectivity index (χ4n) is 3.47. The normalized spacial score (nSPS) is 10.9. The number of thiophene rings is 1. The van der Waals surface area contributed by atoms with E-state index in [1.807, 2.05) is 47.4 Å². The van der Waals surface area contributed by atoms with Gasteiger partial charge >= 0.3 is 0 Å². The van der Waals surface area contributed by atoms with Gasteiger partial charge in [0.25, 0.3) is 5.56 Å². The maximum atomic E-state index is 12.8. The number of nitrogens with one attached hydrogen (secondary N) is 2. The van der Waals surface area contributed by atoms with Crippen LogP contribution < -0.4 is 10.9 Å². The van der Waals surface area contributed by atoms with Crippen molar-refractivity contribution in [1.82, 2.24) is 9.88 Å². The number of aromatic amines is 1. The molecule has 2 aromatic heterocycles. The van der Waals surface area contributed by atoms with Crippen LogP contribution in [0.3, 0.4) is 0 Å². The standard InChI is InChI=1S/C25H25N3OS2/c1-3-18-8-11-23-19(13-18)14-20(24(29)27-23)15-28(16-22-5-4-12-31-22)25(30)26-21-9-6-17(2)7-10-21/h4-14H,3,15-16H2,1-2H3,(H,26,30)(H,27,29). The molecule has 0 radical (unpaired) electrons. The molecule has 6 heteroatoms. The van der Waals surface area contributed by atoms with Gasteiger partial charge in [0.05, 0.1) is 13.1 Å². The number of aryl methyl sites for hydroxylation is 2. The molecule has 4 nitrogen and oxygen atoms in total. The number of H-pyrrole nitrogens is 1. The highest BCUT2D eigenvalue weighted by atomic mass is 32.1. The summed E-state index contributed by atoms with van der Waals surface area (Å²) in [5.41, 5.74) is 4.86. The summed E-state index contributed by atoms with van der Waals surface area (Å²) < 4.78 is 0. The van der Waals surface area contributed by atoms with Crippen LogP contribution in [0.15, 0.2) is 70.8 Å². The molecular formula is C25H25N3OS2. The fraction of sp³-hybridized carbons (Fsp3) is 0.200.